The molecule has 3 heterocycles. The van der Waals surface area contributed by atoms with Gasteiger partial charge >= 0.3 is 5.97 Å². The predicted molar refractivity (Wildman–Crippen MR) is 105 cm³/mol. The van der Waals surface area contributed by atoms with Crippen molar-refractivity contribution in [3.8, 4) is 0 Å². The van der Waals surface area contributed by atoms with Crippen molar-refractivity contribution in [2.45, 2.75) is 25.7 Å². The Balaban J connectivity index is 1.27. The smallest absolute Gasteiger partial charge is 0.309 e. The molecule has 1 aromatic carbocycles. The SMILES string of the molecule is O=C(OCC(=O)N1CCCc2ccccc21)C1CCN(C(=O)c2ccoc2)CC1. The van der Waals surface area contributed by atoms with E-state index in [1.165, 1.54) is 12.5 Å². The first kappa shape index (κ1) is 19.2. The number of rotatable bonds is 4. The molecule has 2 aliphatic rings. The molecule has 7 heteroatoms. The topological polar surface area (TPSA) is 80.1 Å². The molecule has 2 aromatic rings. The second-order valence-corrected chi connectivity index (χ2v) is 7.46. The summed E-state index contributed by atoms with van der Waals surface area (Å²) in [5.74, 6) is -0.938. The van der Waals surface area contributed by atoms with E-state index >= 15 is 0 Å². The number of benzene rings is 1. The Bertz CT molecular complexity index is 884. The summed E-state index contributed by atoms with van der Waals surface area (Å²) >= 11 is 0. The maximum atomic E-state index is 12.6. The number of amides is 2. The third-order valence-electron chi connectivity index (χ3n) is 5.63. The maximum Gasteiger partial charge on any atom is 0.309 e. The second-order valence-electron chi connectivity index (χ2n) is 7.46. The number of aryl methyl sites for hydroxylation is 1. The molecular formula is C22H24N2O5. The number of nitrogens with zero attached hydrogens (tertiary/aromatic N) is 2. The molecule has 2 amide bonds. The molecule has 152 valence electrons. The number of para-hydroxylation sites is 1. The molecule has 0 spiro atoms. The number of ether oxygens (including phenoxy) is 1. The first-order valence-electron chi connectivity index (χ1n) is 10.00. The van der Waals surface area contributed by atoms with Crippen LogP contribution in [0.3, 0.4) is 0 Å². The van der Waals surface area contributed by atoms with Gasteiger partial charge in [0, 0.05) is 25.3 Å². The number of carbonyl (C=O) groups excluding carboxylic acids is 3. The number of carbonyl (C=O) groups is 3. The molecule has 2 aliphatic heterocycles. The van der Waals surface area contributed by atoms with Gasteiger partial charge in [-0.25, -0.2) is 0 Å². The highest BCUT2D eigenvalue weighted by Gasteiger charge is 2.30. The molecule has 1 saturated heterocycles. The van der Waals surface area contributed by atoms with Gasteiger partial charge in [-0.05, 0) is 43.4 Å². The number of furan rings is 1. The summed E-state index contributed by atoms with van der Waals surface area (Å²) < 4.78 is 10.3. The highest BCUT2D eigenvalue weighted by atomic mass is 16.5. The predicted octanol–water partition coefficient (Wildman–Crippen LogP) is 2.65. The molecule has 0 bridgehead atoms. The van der Waals surface area contributed by atoms with Gasteiger partial charge in [-0.15, -0.1) is 0 Å². The fourth-order valence-corrected chi connectivity index (χ4v) is 4.01. The minimum absolute atomic E-state index is 0.0930. The fraction of sp³-hybridized carbons (Fsp3) is 0.409. The van der Waals surface area contributed by atoms with Gasteiger partial charge in [0.1, 0.15) is 6.26 Å². The molecule has 0 saturated carbocycles. The van der Waals surface area contributed by atoms with Crippen molar-refractivity contribution < 1.29 is 23.5 Å². The Morgan fingerprint density at radius 1 is 1.07 bits per heavy atom. The summed E-state index contributed by atoms with van der Waals surface area (Å²) in [4.78, 5) is 40.8. The van der Waals surface area contributed by atoms with Crippen LogP contribution in [0, 0.1) is 5.92 Å². The first-order chi connectivity index (χ1) is 14.1. The molecule has 0 radical (unpaired) electrons. The minimum atomic E-state index is -0.362. The van der Waals surface area contributed by atoms with E-state index in [0.717, 1.165) is 24.1 Å². The lowest BCUT2D eigenvalue weighted by Crippen LogP contribution is -2.42. The number of anilines is 1. The third kappa shape index (κ3) is 4.18. The van der Waals surface area contributed by atoms with Gasteiger partial charge in [0.2, 0.25) is 0 Å². The Hall–Kier alpha value is -3.09. The lowest BCUT2D eigenvalue weighted by Gasteiger charge is -2.31. The zero-order valence-corrected chi connectivity index (χ0v) is 16.2. The molecule has 0 aliphatic carbocycles. The zero-order chi connectivity index (χ0) is 20.2. The van der Waals surface area contributed by atoms with Crippen molar-refractivity contribution >= 4 is 23.5 Å². The van der Waals surface area contributed by atoms with Gasteiger partial charge in [0.15, 0.2) is 6.61 Å². The summed E-state index contributed by atoms with van der Waals surface area (Å²) in [6, 6.07) is 9.47. The van der Waals surface area contributed by atoms with E-state index in [-0.39, 0.29) is 30.3 Å². The zero-order valence-electron chi connectivity index (χ0n) is 16.2. The summed E-state index contributed by atoms with van der Waals surface area (Å²) in [7, 11) is 0. The Labute approximate surface area is 169 Å². The lowest BCUT2D eigenvalue weighted by atomic mass is 9.96. The van der Waals surface area contributed by atoms with E-state index in [1.54, 1.807) is 15.9 Å². The summed E-state index contributed by atoms with van der Waals surface area (Å²) in [6.45, 7) is 1.36. The molecule has 7 nitrogen and oxygen atoms in total. The van der Waals surface area contributed by atoms with Crippen LogP contribution >= 0.6 is 0 Å². The van der Waals surface area contributed by atoms with Crippen molar-refractivity contribution in [1.82, 2.24) is 4.90 Å². The van der Waals surface area contributed by atoms with Gasteiger partial charge in [-0.3, -0.25) is 14.4 Å². The van der Waals surface area contributed by atoms with Crippen molar-refractivity contribution in [2.75, 3.05) is 31.1 Å². The lowest BCUT2D eigenvalue weighted by molar-refractivity contribution is -0.153. The Morgan fingerprint density at radius 2 is 1.86 bits per heavy atom. The van der Waals surface area contributed by atoms with Crippen molar-refractivity contribution in [2.24, 2.45) is 5.92 Å². The monoisotopic (exact) mass is 396 g/mol. The van der Waals surface area contributed by atoms with Gasteiger partial charge < -0.3 is 19.0 Å². The average Bonchev–Trinajstić information content (AvgIpc) is 3.31. The number of likely N-dealkylation sites (tertiary alicyclic amines) is 1. The number of fused-ring (bicyclic) bond motifs is 1. The van der Waals surface area contributed by atoms with Gasteiger partial charge in [0.25, 0.3) is 11.8 Å². The van der Waals surface area contributed by atoms with Crippen LogP contribution in [0.2, 0.25) is 0 Å². The fourth-order valence-electron chi connectivity index (χ4n) is 4.01. The van der Waals surface area contributed by atoms with Gasteiger partial charge in [0.05, 0.1) is 17.7 Å². The minimum Gasteiger partial charge on any atom is -0.472 e. The Kier molecular flexibility index (Phi) is 5.64. The number of esters is 1. The third-order valence-corrected chi connectivity index (χ3v) is 5.63. The quantitative estimate of drug-likeness (QED) is 0.743. The van der Waals surface area contributed by atoms with Crippen LogP contribution in [-0.2, 0) is 20.7 Å². The number of hydrogen-bond donors (Lipinski definition) is 0. The van der Waals surface area contributed by atoms with Crippen molar-refractivity contribution in [1.29, 1.82) is 0 Å². The number of piperidine rings is 1. The van der Waals surface area contributed by atoms with Crippen molar-refractivity contribution in [3.05, 3.63) is 54.0 Å². The van der Waals surface area contributed by atoms with Crippen LogP contribution in [0.5, 0.6) is 0 Å². The highest BCUT2D eigenvalue weighted by molar-refractivity contribution is 5.96. The molecular weight excluding hydrogens is 372 g/mol. The van der Waals surface area contributed by atoms with Crippen LogP contribution < -0.4 is 4.90 Å². The molecule has 0 N–H and O–H groups in total. The van der Waals surface area contributed by atoms with E-state index in [1.807, 2.05) is 24.3 Å². The van der Waals surface area contributed by atoms with E-state index < -0.39 is 0 Å². The summed E-state index contributed by atoms with van der Waals surface area (Å²) in [6.07, 6.45) is 5.81. The molecule has 29 heavy (non-hydrogen) atoms. The van der Waals surface area contributed by atoms with Gasteiger partial charge in [-0.1, -0.05) is 18.2 Å². The van der Waals surface area contributed by atoms with E-state index in [0.29, 0.717) is 38.0 Å². The standard InChI is InChI=1S/C22H24N2O5/c25-20(24-10-3-5-16-4-1-2-6-19(16)24)15-29-22(27)17-7-11-23(12-8-17)21(26)18-9-13-28-14-18/h1-2,4,6,9,13-14,17H,3,5,7-8,10-12,15H2. The van der Waals surface area contributed by atoms with E-state index in [2.05, 4.69) is 0 Å². The number of hydrogen-bond acceptors (Lipinski definition) is 5. The Morgan fingerprint density at radius 3 is 2.62 bits per heavy atom. The normalized spacial score (nSPS) is 17.0. The van der Waals surface area contributed by atoms with Crippen LogP contribution in [0.1, 0.15) is 35.2 Å². The van der Waals surface area contributed by atoms with Crippen molar-refractivity contribution in [3.63, 3.8) is 0 Å². The van der Waals surface area contributed by atoms with Crippen LogP contribution in [-0.4, -0.2) is 48.9 Å². The second kappa shape index (κ2) is 8.51. The molecule has 1 aromatic heterocycles. The average molecular weight is 396 g/mol. The van der Waals surface area contributed by atoms with Crippen LogP contribution in [0.25, 0.3) is 0 Å². The van der Waals surface area contributed by atoms with E-state index in [9.17, 15) is 14.4 Å². The summed E-state index contributed by atoms with van der Waals surface area (Å²) in [5, 5.41) is 0. The molecule has 0 unspecified atom stereocenters. The molecule has 4 rings (SSSR count). The first-order valence-corrected chi connectivity index (χ1v) is 10.00. The maximum absolute atomic E-state index is 12.6. The van der Waals surface area contributed by atoms with E-state index in [4.69, 9.17) is 9.15 Å². The van der Waals surface area contributed by atoms with Crippen LogP contribution in [0.4, 0.5) is 5.69 Å². The summed E-state index contributed by atoms with van der Waals surface area (Å²) in [5.41, 5.74) is 2.57. The molecule has 0 atom stereocenters. The highest BCUT2D eigenvalue weighted by Crippen LogP contribution is 2.27. The largest absolute Gasteiger partial charge is 0.472 e. The van der Waals surface area contributed by atoms with Crippen LogP contribution in [0.15, 0.2) is 47.3 Å². The van der Waals surface area contributed by atoms with Gasteiger partial charge in [-0.2, -0.15) is 0 Å². The molecule has 1 fully saturated rings.